The van der Waals surface area contributed by atoms with Crippen molar-refractivity contribution in [1.29, 1.82) is 0 Å². The molecular weight excluding hydrogens is 240 g/mol. The number of aliphatic hydroxyl groups excluding tert-OH is 5. The van der Waals surface area contributed by atoms with Crippen molar-refractivity contribution in [3.05, 3.63) is 0 Å². The molecule has 9 heteroatoms. The number of carboxylic acids is 1. The number of carbonyl (C=O) groups excluding carboxylic acids is 1. The summed E-state index contributed by atoms with van der Waals surface area (Å²) in [5.74, 6) is -0.833. The fraction of sp³-hybridized carbons (Fsp3) is 0.750. The van der Waals surface area contributed by atoms with E-state index in [0.29, 0.717) is 0 Å². The number of aldehydes is 1. The highest BCUT2D eigenvalue weighted by Gasteiger charge is 2.29. The van der Waals surface area contributed by atoms with Crippen molar-refractivity contribution in [2.24, 2.45) is 0 Å². The van der Waals surface area contributed by atoms with Gasteiger partial charge in [0, 0.05) is 6.92 Å². The van der Waals surface area contributed by atoms with Gasteiger partial charge in [-0.05, 0) is 0 Å². The summed E-state index contributed by atoms with van der Waals surface area (Å²) in [5.41, 5.74) is 0. The average Bonchev–Trinajstić information content (AvgIpc) is 2.24. The first kappa shape index (κ1) is 21.2. The molecule has 17 heavy (non-hydrogen) atoms. The van der Waals surface area contributed by atoms with Gasteiger partial charge in [0.2, 0.25) is 0 Å². The van der Waals surface area contributed by atoms with Gasteiger partial charge in [-0.3, -0.25) is 4.79 Å². The second kappa shape index (κ2) is 11.4. The third kappa shape index (κ3) is 11.2. The Morgan fingerprint density at radius 3 is 1.76 bits per heavy atom. The third-order valence-electron chi connectivity index (χ3n) is 1.42. The Bertz CT molecular complexity index is 203. The largest absolute Gasteiger partial charge is 0.481 e. The third-order valence-corrected chi connectivity index (χ3v) is 1.42. The molecule has 0 aromatic rings. The van der Waals surface area contributed by atoms with Crippen molar-refractivity contribution in [2.75, 3.05) is 6.61 Å². The number of carboxylic acid groups (broad SMARTS) is 1. The van der Waals surface area contributed by atoms with Crippen molar-refractivity contribution in [3.63, 3.8) is 0 Å². The lowest BCUT2D eigenvalue weighted by Crippen LogP contribution is -2.46. The van der Waals surface area contributed by atoms with Gasteiger partial charge in [0.05, 0.1) is 6.61 Å². The Hall–Kier alpha value is -1.10. The molecule has 0 radical (unpaired) electrons. The van der Waals surface area contributed by atoms with E-state index in [1.165, 1.54) is 0 Å². The van der Waals surface area contributed by atoms with Crippen molar-refractivity contribution < 1.29 is 45.7 Å². The second-order valence-corrected chi connectivity index (χ2v) is 2.88. The first-order valence-corrected chi connectivity index (χ1v) is 4.25. The van der Waals surface area contributed by atoms with E-state index in [1.807, 2.05) is 0 Å². The van der Waals surface area contributed by atoms with Crippen molar-refractivity contribution >= 4 is 12.3 Å². The highest BCUT2D eigenvalue weighted by atomic mass is 16.4. The molecule has 0 fully saturated rings. The van der Waals surface area contributed by atoms with Crippen LogP contribution in [-0.4, -0.2) is 79.4 Å². The van der Waals surface area contributed by atoms with E-state index in [-0.39, 0.29) is 11.8 Å². The Morgan fingerprint density at radius 1 is 1.18 bits per heavy atom. The van der Waals surface area contributed by atoms with Crippen LogP contribution in [0.3, 0.4) is 0 Å². The molecule has 104 valence electrons. The molecule has 0 spiro atoms. The molecule has 0 heterocycles. The van der Waals surface area contributed by atoms with Crippen LogP contribution in [-0.2, 0) is 9.59 Å². The van der Waals surface area contributed by atoms with Crippen molar-refractivity contribution in [3.8, 4) is 0 Å². The Kier molecular flexibility index (Phi) is 14.2. The zero-order chi connectivity index (χ0) is 13.3. The summed E-state index contributed by atoms with van der Waals surface area (Å²) >= 11 is 0. The lowest BCUT2D eigenvalue weighted by Gasteiger charge is -2.22. The van der Waals surface area contributed by atoms with Crippen LogP contribution < -0.4 is 0 Å². The SMILES string of the molecule is CC(=O)O.O.O=CC(O)C(O)C(O)C(O)CO. The van der Waals surface area contributed by atoms with Gasteiger partial charge in [0.1, 0.15) is 24.4 Å². The number of hydrogen-bond acceptors (Lipinski definition) is 7. The molecule has 0 aromatic carbocycles. The van der Waals surface area contributed by atoms with Gasteiger partial charge in [-0.1, -0.05) is 0 Å². The normalized spacial score (nSPS) is 16.4. The number of hydrogen-bond donors (Lipinski definition) is 6. The highest BCUT2D eigenvalue weighted by molar-refractivity contribution is 5.62. The molecule has 8 N–H and O–H groups in total. The first-order valence-electron chi connectivity index (χ1n) is 4.25. The van der Waals surface area contributed by atoms with Gasteiger partial charge in [0.25, 0.3) is 5.97 Å². The minimum Gasteiger partial charge on any atom is -0.481 e. The maximum atomic E-state index is 9.90. The molecule has 0 saturated carbocycles. The van der Waals surface area contributed by atoms with Crippen molar-refractivity contribution in [2.45, 2.75) is 31.3 Å². The summed E-state index contributed by atoms with van der Waals surface area (Å²) in [6, 6.07) is 0. The first-order chi connectivity index (χ1) is 7.27. The summed E-state index contributed by atoms with van der Waals surface area (Å²) < 4.78 is 0. The molecule has 0 aliphatic carbocycles. The quantitative estimate of drug-likeness (QED) is 0.268. The number of rotatable bonds is 5. The highest BCUT2D eigenvalue weighted by Crippen LogP contribution is 2.02. The molecule has 9 nitrogen and oxygen atoms in total. The fourth-order valence-electron chi connectivity index (χ4n) is 0.618. The van der Waals surface area contributed by atoms with Crippen molar-refractivity contribution in [1.82, 2.24) is 0 Å². The molecule has 0 rings (SSSR count). The van der Waals surface area contributed by atoms with Crippen LogP contribution in [0.4, 0.5) is 0 Å². The van der Waals surface area contributed by atoms with Crippen LogP contribution >= 0.6 is 0 Å². The van der Waals surface area contributed by atoms with Gasteiger partial charge in [-0.25, -0.2) is 0 Å². The molecule has 0 aromatic heterocycles. The summed E-state index contributed by atoms with van der Waals surface area (Å²) in [7, 11) is 0. The predicted octanol–water partition coefficient (Wildman–Crippen LogP) is -4.11. The van der Waals surface area contributed by atoms with Crippen LogP contribution in [0.5, 0.6) is 0 Å². The zero-order valence-electron chi connectivity index (χ0n) is 9.09. The van der Waals surface area contributed by atoms with Crippen LogP contribution in [0, 0.1) is 0 Å². The maximum absolute atomic E-state index is 9.90. The molecule has 0 aliphatic heterocycles. The Balaban J connectivity index is -0.000000340. The zero-order valence-corrected chi connectivity index (χ0v) is 9.09. The maximum Gasteiger partial charge on any atom is 0.300 e. The van der Waals surface area contributed by atoms with Gasteiger partial charge in [0.15, 0.2) is 6.29 Å². The van der Waals surface area contributed by atoms with Crippen LogP contribution in [0.15, 0.2) is 0 Å². The molecule has 0 bridgehead atoms. The molecule has 0 saturated heterocycles. The Morgan fingerprint density at radius 2 is 1.53 bits per heavy atom. The van der Waals surface area contributed by atoms with Crippen LogP contribution in [0.25, 0.3) is 0 Å². The standard InChI is InChI=1S/C6H12O6.C2H4O2.H2O/c7-1-3(9)5(11)6(12)4(10)2-8;1-2(3)4;/h1,3-6,8-12H,2H2;1H3,(H,3,4);1H2. The van der Waals surface area contributed by atoms with E-state index in [1.54, 1.807) is 0 Å². The fourth-order valence-corrected chi connectivity index (χ4v) is 0.618. The minimum absolute atomic E-state index is 0. The van der Waals surface area contributed by atoms with E-state index >= 15 is 0 Å². The second-order valence-electron chi connectivity index (χ2n) is 2.88. The number of carbonyl (C=O) groups is 2. The summed E-state index contributed by atoms with van der Waals surface area (Å²) in [5, 5.41) is 51.0. The van der Waals surface area contributed by atoms with E-state index in [0.717, 1.165) is 6.92 Å². The van der Waals surface area contributed by atoms with Crippen LogP contribution in [0.1, 0.15) is 6.92 Å². The summed E-state index contributed by atoms with van der Waals surface area (Å²) in [4.78, 5) is 18.9. The number of aliphatic hydroxyl groups is 5. The lowest BCUT2D eigenvalue weighted by atomic mass is 10.0. The van der Waals surface area contributed by atoms with E-state index < -0.39 is 37.0 Å². The smallest absolute Gasteiger partial charge is 0.300 e. The Labute approximate surface area is 96.9 Å². The van der Waals surface area contributed by atoms with Gasteiger partial charge in [-0.15, -0.1) is 0 Å². The van der Waals surface area contributed by atoms with Crippen LogP contribution in [0.2, 0.25) is 0 Å². The molecule has 0 amide bonds. The molecular formula is C8H18O9. The topological polar surface area (TPSA) is 187 Å². The molecule has 0 aliphatic rings. The lowest BCUT2D eigenvalue weighted by molar-refractivity contribution is -0.136. The van der Waals surface area contributed by atoms with E-state index in [9.17, 15) is 4.79 Å². The summed E-state index contributed by atoms with van der Waals surface area (Å²) in [6.45, 7) is 0.323. The predicted molar refractivity (Wildman–Crippen MR) is 54.1 cm³/mol. The van der Waals surface area contributed by atoms with Gasteiger partial charge in [-0.2, -0.15) is 0 Å². The average molecular weight is 258 g/mol. The molecule has 4 unspecified atom stereocenters. The monoisotopic (exact) mass is 258 g/mol. The van der Waals surface area contributed by atoms with E-state index in [2.05, 4.69) is 0 Å². The minimum atomic E-state index is -1.79. The van der Waals surface area contributed by atoms with E-state index in [4.69, 9.17) is 35.4 Å². The van der Waals surface area contributed by atoms with Gasteiger partial charge >= 0.3 is 0 Å². The summed E-state index contributed by atoms with van der Waals surface area (Å²) in [6.07, 6.45) is -6.84. The van der Waals surface area contributed by atoms with Gasteiger partial charge < -0.3 is 40.9 Å². The number of aliphatic carboxylic acids is 1. The molecule has 4 atom stereocenters.